The van der Waals surface area contributed by atoms with Crippen molar-refractivity contribution >= 4 is 11.9 Å². The molecule has 1 aliphatic rings. The van der Waals surface area contributed by atoms with Gasteiger partial charge in [-0.15, -0.1) is 0 Å². The molecule has 1 fully saturated rings. The van der Waals surface area contributed by atoms with Crippen LogP contribution in [0.4, 0.5) is 0 Å². The van der Waals surface area contributed by atoms with Crippen molar-refractivity contribution in [2.24, 2.45) is 10.2 Å². The van der Waals surface area contributed by atoms with Gasteiger partial charge >= 0.3 is 11.9 Å². The van der Waals surface area contributed by atoms with Crippen LogP contribution in [0.25, 0.3) is 20.9 Å². The number of nitrogens with one attached hydrogen (secondary N) is 1. The number of carbonyl (C=O) groups excluding carboxylic acids is 2. The SMILES string of the molecule is [N-]=[N+]=NCCOC(=O)C1CCC(C(=O)OCCN=[N+]=[N-])N1. The van der Waals surface area contributed by atoms with Gasteiger partial charge in [0.1, 0.15) is 12.1 Å². The second-order valence-corrected chi connectivity index (χ2v) is 4.09. The number of nitrogens with zero attached hydrogens (tertiary/aromatic N) is 6. The molecule has 0 radical (unpaired) electrons. The van der Waals surface area contributed by atoms with E-state index in [0.29, 0.717) is 12.8 Å². The second-order valence-electron chi connectivity index (χ2n) is 4.09. The van der Waals surface area contributed by atoms with Crippen LogP contribution < -0.4 is 5.32 Å². The molecule has 0 amide bonds. The van der Waals surface area contributed by atoms with E-state index >= 15 is 0 Å². The molecule has 0 aliphatic carbocycles. The van der Waals surface area contributed by atoms with Crippen molar-refractivity contribution in [2.75, 3.05) is 26.3 Å². The Hall–Kier alpha value is -2.48. The summed E-state index contributed by atoms with van der Waals surface area (Å²) in [6.45, 7) is 0.143. The molecule has 11 heteroatoms. The van der Waals surface area contributed by atoms with Crippen LogP contribution in [0.1, 0.15) is 12.8 Å². The highest BCUT2D eigenvalue weighted by atomic mass is 16.5. The normalized spacial score (nSPS) is 20.0. The number of carbonyl (C=O) groups is 2. The lowest BCUT2D eigenvalue weighted by Gasteiger charge is -2.12. The van der Waals surface area contributed by atoms with Gasteiger partial charge in [0, 0.05) is 9.82 Å². The van der Waals surface area contributed by atoms with Crippen molar-refractivity contribution in [3.63, 3.8) is 0 Å². The van der Waals surface area contributed by atoms with Gasteiger partial charge in [0.15, 0.2) is 0 Å². The van der Waals surface area contributed by atoms with Gasteiger partial charge in [0.05, 0.1) is 26.3 Å². The summed E-state index contributed by atoms with van der Waals surface area (Å²) in [6.07, 6.45) is 0.910. The van der Waals surface area contributed by atoms with E-state index in [2.05, 4.69) is 25.4 Å². The van der Waals surface area contributed by atoms with Gasteiger partial charge in [-0.05, 0) is 23.9 Å². The van der Waals surface area contributed by atoms with E-state index < -0.39 is 24.0 Å². The van der Waals surface area contributed by atoms with Crippen LogP contribution in [-0.4, -0.2) is 50.3 Å². The maximum Gasteiger partial charge on any atom is 0.323 e. The first-order valence-electron chi connectivity index (χ1n) is 6.30. The summed E-state index contributed by atoms with van der Waals surface area (Å²) in [5, 5.41) is 9.29. The van der Waals surface area contributed by atoms with Crippen molar-refractivity contribution in [2.45, 2.75) is 24.9 Å². The number of hydrogen-bond donors (Lipinski definition) is 1. The van der Waals surface area contributed by atoms with Crippen LogP contribution in [0.15, 0.2) is 10.2 Å². The lowest BCUT2D eigenvalue weighted by molar-refractivity contribution is -0.147. The third kappa shape index (κ3) is 6.00. The van der Waals surface area contributed by atoms with Gasteiger partial charge in [-0.25, -0.2) is 0 Å². The Labute approximate surface area is 119 Å². The zero-order chi connectivity index (χ0) is 15.5. The van der Waals surface area contributed by atoms with Gasteiger partial charge in [0.2, 0.25) is 0 Å². The molecule has 0 saturated carbocycles. The predicted molar refractivity (Wildman–Crippen MR) is 69.9 cm³/mol. The summed E-state index contributed by atoms with van der Waals surface area (Å²) in [4.78, 5) is 28.4. The maximum atomic E-state index is 11.6. The van der Waals surface area contributed by atoms with E-state index in [-0.39, 0.29) is 26.3 Å². The molecule has 1 aliphatic heterocycles. The fraction of sp³-hybridized carbons (Fsp3) is 0.800. The fourth-order valence-corrected chi connectivity index (χ4v) is 1.78. The van der Waals surface area contributed by atoms with Crippen LogP contribution in [0.5, 0.6) is 0 Å². The number of esters is 2. The third-order valence-electron chi connectivity index (χ3n) is 2.71. The van der Waals surface area contributed by atoms with Gasteiger partial charge in [-0.2, -0.15) is 0 Å². The Morgan fingerprint density at radius 3 is 1.81 bits per heavy atom. The summed E-state index contributed by atoms with van der Waals surface area (Å²) in [6, 6.07) is -1.16. The Bertz CT molecular complexity index is 428. The summed E-state index contributed by atoms with van der Waals surface area (Å²) >= 11 is 0. The Morgan fingerprint density at radius 2 is 1.43 bits per heavy atom. The number of azide groups is 2. The molecule has 0 bridgehead atoms. The molecule has 0 aromatic carbocycles. The topological polar surface area (TPSA) is 162 Å². The van der Waals surface area contributed by atoms with Crippen molar-refractivity contribution in [3.8, 4) is 0 Å². The van der Waals surface area contributed by atoms with E-state index in [1.807, 2.05) is 0 Å². The molecule has 0 aromatic heterocycles. The minimum absolute atomic E-state index is 0.00233. The van der Waals surface area contributed by atoms with Crippen molar-refractivity contribution in [1.29, 1.82) is 0 Å². The molecule has 114 valence electrons. The highest BCUT2D eigenvalue weighted by Gasteiger charge is 2.34. The van der Waals surface area contributed by atoms with Gasteiger partial charge in [0.25, 0.3) is 0 Å². The standard InChI is InChI=1S/C10H15N7O4/c11-16-13-3-5-20-9(18)7-1-2-8(15-7)10(19)21-6-4-14-17-12/h7-8,15H,1-6H2. The summed E-state index contributed by atoms with van der Waals surface area (Å²) in [5.74, 6) is -0.986. The minimum Gasteiger partial charge on any atom is -0.464 e. The molecule has 1 heterocycles. The molecule has 2 unspecified atom stereocenters. The lowest BCUT2D eigenvalue weighted by atomic mass is 10.2. The van der Waals surface area contributed by atoms with Crippen LogP contribution in [0.2, 0.25) is 0 Å². The predicted octanol–water partition coefficient (Wildman–Crippen LogP) is 0.814. The van der Waals surface area contributed by atoms with Crippen LogP contribution in [-0.2, 0) is 19.1 Å². The minimum atomic E-state index is -0.578. The van der Waals surface area contributed by atoms with Crippen molar-refractivity contribution < 1.29 is 19.1 Å². The molecule has 1 N–H and O–H groups in total. The monoisotopic (exact) mass is 297 g/mol. The molecule has 0 aromatic rings. The van der Waals surface area contributed by atoms with E-state index in [1.165, 1.54) is 0 Å². The molecular weight excluding hydrogens is 282 g/mol. The van der Waals surface area contributed by atoms with E-state index in [4.69, 9.17) is 20.5 Å². The Morgan fingerprint density at radius 1 is 1.00 bits per heavy atom. The molecule has 1 rings (SSSR count). The number of hydrogen-bond acceptors (Lipinski definition) is 7. The maximum absolute atomic E-state index is 11.6. The van der Waals surface area contributed by atoms with Gasteiger partial charge in [-0.3, -0.25) is 14.9 Å². The summed E-state index contributed by atoms with van der Waals surface area (Å²) in [5.41, 5.74) is 16.1. The molecular formula is C10H15N7O4. The first kappa shape index (κ1) is 16.6. The smallest absolute Gasteiger partial charge is 0.323 e. The highest BCUT2D eigenvalue weighted by molar-refractivity contribution is 5.81. The first-order chi connectivity index (χ1) is 10.2. The second kappa shape index (κ2) is 9.43. The van der Waals surface area contributed by atoms with Gasteiger partial charge < -0.3 is 9.47 Å². The average molecular weight is 297 g/mol. The van der Waals surface area contributed by atoms with Gasteiger partial charge in [-0.1, -0.05) is 10.2 Å². The summed E-state index contributed by atoms with van der Waals surface area (Å²) < 4.78 is 9.79. The third-order valence-corrected chi connectivity index (χ3v) is 2.71. The van der Waals surface area contributed by atoms with Crippen LogP contribution in [0.3, 0.4) is 0 Å². The quantitative estimate of drug-likeness (QED) is 0.230. The molecule has 1 saturated heterocycles. The zero-order valence-corrected chi connectivity index (χ0v) is 11.2. The number of rotatable bonds is 8. The number of ether oxygens (including phenoxy) is 2. The molecule has 11 nitrogen and oxygen atoms in total. The van der Waals surface area contributed by atoms with E-state index in [0.717, 1.165) is 0 Å². The van der Waals surface area contributed by atoms with Crippen molar-refractivity contribution in [1.82, 2.24) is 5.32 Å². The fourth-order valence-electron chi connectivity index (χ4n) is 1.78. The van der Waals surface area contributed by atoms with E-state index in [1.54, 1.807) is 0 Å². The Kier molecular flexibility index (Phi) is 7.44. The summed E-state index contributed by atoms with van der Waals surface area (Å²) in [7, 11) is 0. The van der Waals surface area contributed by atoms with E-state index in [9.17, 15) is 9.59 Å². The molecule has 0 spiro atoms. The lowest BCUT2D eigenvalue weighted by Crippen LogP contribution is -2.41. The first-order valence-corrected chi connectivity index (χ1v) is 6.30. The largest absolute Gasteiger partial charge is 0.464 e. The molecule has 21 heavy (non-hydrogen) atoms. The Balaban J connectivity index is 2.27. The molecule has 2 atom stereocenters. The van der Waals surface area contributed by atoms with Crippen molar-refractivity contribution in [3.05, 3.63) is 20.9 Å². The zero-order valence-electron chi connectivity index (χ0n) is 11.2. The highest BCUT2D eigenvalue weighted by Crippen LogP contribution is 2.14. The van der Waals surface area contributed by atoms with Crippen LogP contribution >= 0.6 is 0 Å². The average Bonchev–Trinajstić information content (AvgIpc) is 2.98. The van der Waals surface area contributed by atoms with Crippen LogP contribution in [0, 0.1) is 0 Å².